The first-order valence-electron chi connectivity index (χ1n) is 7.79. The maximum Gasteiger partial charge on any atom is 0.211 e. The molecular weight excluding hydrogens is 367 g/mol. The Kier molecular flexibility index (Phi) is 5.16. The van der Waals surface area contributed by atoms with E-state index in [-0.39, 0.29) is 11.8 Å². The molecule has 0 radical (unpaired) electrons. The molecule has 2 aromatic rings. The summed E-state index contributed by atoms with van der Waals surface area (Å²) in [5.41, 5.74) is 2.58. The normalized spacial score (nSPS) is 16.1. The maximum absolute atomic E-state index is 12.0. The Balaban J connectivity index is 1.96. The van der Waals surface area contributed by atoms with Crippen molar-refractivity contribution in [3.63, 3.8) is 0 Å². The topological polar surface area (TPSA) is 59.1 Å². The Labute approximate surface area is 152 Å². The molecule has 1 heterocycles. The van der Waals surface area contributed by atoms with E-state index in [2.05, 4.69) is 9.71 Å². The SMILES string of the molecule is CCS(=O)(=O)NC(c1cncc(-c2cc(Cl)cc(Cl)c2)c1)C1CC1. The molecule has 128 valence electrons. The Morgan fingerprint density at radius 3 is 2.38 bits per heavy atom. The zero-order chi connectivity index (χ0) is 17.3. The number of nitrogens with zero attached hydrogens (tertiary/aromatic N) is 1. The largest absolute Gasteiger partial charge is 0.264 e. The maximum atomic E-state index is 12.0. The molecule has 24 heavy (non-hydrogen) atoms. The summed E-state index contributed by atoms with van der Waals surface area (Å²) in [4.78, 5) is 4.29. The van der Waals surface area contributed by atoms with Crippen LogP contribution in [-0.2, 0) is 10.0 Å². The lowest BCUT2D eigenvalue weighted by Gasteiger charge is -2.18. The number of rotatable bonds is 6. The monoisotopic (exact) mass is 384 g/mol. The van der Waals surface area contributed by atoms with Crippen molar-refractivity contribution in [2.45, 2.75) is 25.8 Å². The lowest BCUT2D eigenvalue weighted by atomic mass is 10.0. The summed E-state index contributed by atoms with van der Waals surface area (Å²) in [7, 11) is -3.28. The van der Waals surface area contributed by atoms with Crippen molar-refractivity contribution in [1.29, 1.82) is 0 Å². The summed E-state index contributed by atoms with van der Waals surface area (Å²) in [5.74, 6) is 0.388. The molecule has 0 aliphatic heterocycles. The molecular formula is C17H18Cl2N2O2S. The lowest BCUT2D eigenvalue weighted by Crippen LogP contribution is -2.31. The highest BCUT2D eigenvalue weighted by molar-refractivity contribution is 7.89. The number of hydrogen-bond acceptors (Lipinski definition) is 3. The van der Waals surface area contributed by atoms with Crippen LogP contribution in [0.25, 0.3) is 11.1 Å². The van der Waals surface area contributed by atoms with Gasteiger partial charge in [-0.05, 0) is 61.1 Å². The lowest BCUT2D eigenvalue weighted by molar-refractivity contribution is 0.529. The molecule has 3 rings (SSSR count). The molecule has 1 aromatic carbocycles. The second-order valence-corrected chi connectivity index (χ2v) is 8.92. The van der Waals surface area contributed by atoms with Gasteiger partial charge in [-0.1, -0.05) is 23.2 Å². The number of halogens is 2. The molecule has 1 atom stereocenters. The third-order valence-electron chi connectivity index (χ3n) is 4.09. The van der Waals surface area contributed by atoms with E-state index in [4.69, 9.17) is 23.2 Å². The van der Waals surface area contributed by atoms with Crippen molar-refractivity contribution in [2.75, 3.05) is 5.75 Å². The fraction of sp³-hybridized carbons (Fsp3) is 0.353. The van der Waals surface area contributed by atoms with E-state index < -0.39 is 10.0 Å². The van der Waals surface area contributed by atoms with Gasteiger partial charge < -0.3 is 0 Å². The van der Waals surface area contributed by atoms with Gasteiger partial charge in [-0.2, -0.15) is 0 Å². The van der Waals surface area contributed by atoms with Gasteiger partial charge in [0.15, 0.2) is 0 Å². The average Bonchev–Trinajstić information content (AvgIpc) is 3.37. The number of aromatic nitrogens is 1. The molecule has 1 aliphatic carbocycles. The Morgan fingerprint density at radius 2 is 1.79 bits per heavy atom. The Bertz CT molecular complexity index is 831. The van der Waals surface area contributed by atoms with E-state index in [1.54, 1.807) is 25.4 Å². The third kappa shape index (κ3) is 4.28. The first-order valence-corrected chi connectivity index (χ1v) is 10.2. The Morgan fingerprint density at radius 1 is 1.12 bits per heavy atom. The highest BCUT2D eigenvalue weighted by Gasteiger charge is 2.35. The fourth-order valence-electron chi connectivity index (χ4n) is 2.65. The minimum atomic E-state index is -3.28. The van der Waals surface area contributed by atoms with Gasteiger partial charge in [0, 0.05) is 28.0 Å². The standard InChI is InChI=1S/C17H18Cl2N2O2S/c1-2-24(22,23)21-17(11-3-4-11)14-5-13(9-20-10-14)12-6-15(18)8-16(19)7-12/h5-11,17,21H,2-4H2,1H3. The number of sulfonamides is 1. The quantitative estimate of drug-likeness (QED) is 0.800. The van der Waals surface area contributed by atoms with Gasteiger partial charge in [0.1, 0.15) is 0 Å². The van der Waals surface area contributed by atoms with Crippen LogP contribution in [0.2, 0.25) is 10.0 Å². The van der Waals surface area contributed by atoms with Gasteiger partial charge in [0.05, 0.1) is 11.8 Å². The molecule has 1 N–H and O–H groups in total. The summed E-state index contributed by atoms with van der Waals surface area (Å²) >= 11 is 12.1. The van der Waals surface area contributed by atoms with Gasteiger partial charge >= 0.3 is 0 Å². The predicted molar refractivity (Wildman–Crippen MR) is 97.8 cm³/mol. The molecule has 1 unspecified atom stereocenters. The molecule has 4 nitrogen and oxygen atoms in total. The number of nitrogens with one attached hydrogen (secondary N) is 1. The summed E-state index contributed by atoms with van der Waals surface area (Å²) in [5, 5.41) is 1.10. The van der Waals surface area contributed by atoms with Crippen LogP contribution < -0.4 is 4.72 Å². The van der Waals surface area contributed by atoms with E-state index in [9.17, 15) is 8.42 Å². The summed E-state index contributed by atoms with van der Waals surface area (Å²) in [6.45, 7) is 1.63. The Hall–Kier alpha value is -1.14. The molecule has 0 bridgehead atoms. The van der Waals surface area contributed by atoms with Crippen LogP contribution in [0.1, 0.15) is 31.4 Å². The van der Waals surface area contributed by atoms with Crippen LogP contribution in [0.3, 0.4) is 0 Å². The molecule has 1 saturated carbocycles. The van der Waals surface area contributed by atoms with Crippen molar-refractivity contribution in [1.82, 2.24) is 9.71 Å². The minimum absolute atomic E-state index is 0.0627. The summed E-state index contributed by atoms with van der Waals surface area (Å²) in [6, 6.07) is 7.02. The number of hydrogen-bond donors (Lipinski definition) is 1. The van der Waals surface area contributed by atoms with E-state index in [0.717, 1.165) is 29.5 Å². The highest BCUT2D eigenvalue weighted by atomic mass is 35.5. The smallest absolute Gasteiger partial charge is 0.211 e. The molecule has 0 spiro atoms. The van der Waals surface area contributed by atoms with Gasteiger partial charge in [0.2, 0.25) is 10.0 Å². The fourth-order valence-corrected chi connectivity index (χ4v) is 4.06. The second kappa shape index (κ2) is 7.00. The number of benzene rings is 1. The molecule has 1 fully saturated rings. The van der Waals surface area contributed by atoms with Gasteiger partial charge in [-0.3, -0.25) is 4.98 Å². The van der Waals surface area contributed by atoms with Crippen molar-refractivity contribution in [3.8, 4) is 11.1 Å². The van der Waals surface area contributed by atoms with Crippen molar-refractivity contribution in [3.05, 3.63) is 52.3 Å². The minimum Gasteiger partial charge on any atom is -0.264 e. The van der Waals surface area contributed by atoms with Crippen LogP contribution in [-0.4, -0.2) is 19.2 Å². The molecule has 0 amide bonds. The predicted octanol–water partition coefficient (Wildman–Crippen LogP) is 4.45. The van der Waals surface area contributed by atoms with E-state index >= 15 is 0 Å². The first kappa shape index (κ1) is 17.7. The van der Waals surface area contributed by atoms with E-state index in [1.807, 2.05) is 18.2 Å². The molecule has 1 aromatic heterocycles. The molecule has 7 heteroatoms. The van der Waals surface area contributed by atoms with Crippen LogP contribution >= 0.6 is 23.2 Å². The van der Waals surface area contributed by atoms with Crippen LogP contribution in [0.5, 0.6) is 0 Å². The van der Waals surface area contributed by atoms with Gasteiger partial charge in [0.25, 0.3) is 0 Å². The van der Waals surface area contributed by atoms with E-state index in [1.165, 1.54) is 0 Å². The summed E-state index contributed by atoms with van der Waals surface area (Å²) < 4.78 is 26.8. The van der Waals surface area contributed by atoms with Gasteiger partial charge in [-0.15, -0.1) is 0 Å². The molecule has 0 saturated heterocycles. The summed E-state index contributed by atoms with van der Waals surface area (Å²) in [6.07, 6.45) is 5.48. The van der Waals surface area contributed by atoms with Gasteiger partial charge in [-0.25, -0.2) is 13.1 Å². The zero-order valence-corrected chi connectivity index (χ0v) is 15.5. The second-order valence-electron chi connectivity index (χ2n) is 6.00. The van der Waals surface area contributed by atoms with Crippen LogP contribution in [0, 0.1) is 5.92 Å². The molecule has 1 aliphatic rings. The van der Waals surface area contributed by atoms with Crippen LogP contribution in [0.4, 0.5) is 0 Å². The van der Waals surface area contributed by atoms with Crippen molar-refractivity contribution >= 4 is 33.2 Å². The first-order chi connectivity index (χ1) is 11.4. The highest BCUT2D eigenvalue weighted by Crippen LogP contribution is 2.42. The number of pyridine rings is 1. The van der Waals surface area contributed by atoms with E-state index in [0.29, 0.717) is 16.0 Å². The third-order valence-corrected chi connectivity index (χ3v) is 5.90. The average molecular weight is 385 g/mol. The van der Waals surface area contributed by atoms with Crippen LogP contribution in [0.15, 0.2) is 36.7 Å². The van der Waals surface area contributed by atoms with Crippen molar-refractivity contribution < 1.29 is 8.42 Å². The van der Waals surface area contributed by atoms with Crippen molar-refractivity contribution in [2.24, 2.45) is 5.92 Å². The zero-order valence-electron chi connectivity index (χ0n) is 13.2.